The number of nitrogens with zero attached hydrogens (tertiary/aromatic N) is 1. The number of hydrogen-bond acceptors (Lipinski definition) is 4. The lowest BCUT2D eigenvalue weighted by atomic mass is 10.2. The molecule has 7 heteroatoms. The van der Waals surface area contributed by atoms with Crippen LogP contribution in [0.15, 0.2) is 29.2 Å². The largest absolute Gasteiger partial charge is 0.243 e. The smallest absolute Gasteiger partial charge is 0.228 e. The van der Waals surface area contributed by atoms with Crippen LogP contribution in [0.3, 0.4) is 0 Å². The summed E-state index contributed by atoms with van der Waals surface area (Å²) in [6, 6.07) is 6.55. The van der Waals surface area contributed by atoms with Crippen LogP contribution in [0.2, 0.25) is 0 Å². The second-order valence-corrected chi connectivity index (χ2v) is 9.22. The predicted octanol–water partition coefficient (Wildman–Crippen LogP) is 0.803. The molecular formula is C12H17NO4S2. The summed E-state index contributed by atoms with van der Waals surface area (Å²) in [5.41, 5.74) is 0.981. The predicted molar refractivity (Wildman–Crippen MR) is 73.2 cm³/mol. The van der Waals surface area contributed by atoms with Gasteiger partial charge in [0.05, 0.1) is 10.1 Å². The van der Waals surface area contributed by atoms with E-state index in [4.69, 9.17) is 0 Å². The molecule has 0 bridgehead atoms. The Balaban J connectivity index is 2.15. The van der Waals surface area contributed by atoms with E-state index in [0.717, 1.165) is 5.56 Å². The molecule has 1 aromatic rings. The maximum Gasteiger partial charge on any atom is 0.243 e. The van der Waals surface area contributed by atoms with Gasteiger partial charge >= 0.3 is 0 Å². The Morgan fingerprint density at radius 2 is 1.63 bits per heavy atom. The fourth-order valence-electron chi connectivity index (χ4n) is 1.92. The van der Waals surface area contributed by atoms with Crippen molar-refractivity contribution in [2.45, 2.75) is 24.0 Å². The van der Waals surface area contributed by atoms with Gasteiger partial charge in [0, 0.05) is 18.8 Å². The Morgan fingerprint density at radius 3 is 2.11 bits per heavy atom. The summed E-state index contributed by atoms with van der Waals surface area (Å²) >= 11 is 0. The van der Waals surface area contributed by atoms with Gasteiger partial charge in [0.25, 0.3) is 0 Å². The minimum absolute atomic E-state index is 0.0517. The molecule has 0 radical (unpaired) electrons. The van der Waals surface area contributed by atoms with Crippen molar-refractivity contribution in [3.8, 4) is 0 Å². The fraction of sp³-hybridized carbons (Fsp3) is 0.500. The summed E-state index contributed by atoms with van der Waals surface area (Å²) < 4.78 is 48.9. The standard InChI is InChI=1S/C12H17NO4S2/c1-3-18(14,15)12-8-13(9-12)19(16,17)11-6-4-10(2)5-7-11/h4-7,12H,3,8-9H2,1-2H3. The Bertz CT molecular complexity index is 656. The molecule has 0 atom stereocenters. The van der Waals surface area contributed by atoms with Crippen LogP contribution in [-0.4, -0.2) is 45.2 Å². The lowest BCUT2D eigenvalue weighted by molar-refractivity contribution is 0.310. The monoisotopic (exact) mass is 303 g/mol. The fourth-order valence-corrected chi connectivity index (χ4v) is 4.92. The van der Waals surface area contributed by atoms with Gasteiger partial charge < -0.3 is 0 Å². The van der Waals surface area contributed by atoms with Crippen molar-refractivity contribution in [3.05, 3.63) is 29.8 Å². The topological polar surface area (TPSA) is 71.5 Å². The van der Waals surface area contributed by atoms with Crippen LogP contribution < -0.4 is 0 Å². The number of benzene rings is 1. The molecule has 1 saturated heterocycles. The highest BCUT2D eigenvalue weighted by atomic mass is 32.2. The number of aryl methyl sites for hydroxylation is 1. The molecule has 0 unspecified atom stereocenters. The summed E-state index contributed by atoms with van der Waals surface area (Å²) in [5.74, 6) is 0.0517. The SMILES string of the molecule is CCS(=O)(=O)C1CN(S(=O)(=O)c2ccc(C)cc2)C1. The molecule has 1 heterocycles. The van der Waals surface area contributed by atoms with E-state index in [1.54, 1.807) is 31.2 Å². The van der Waals surface area contributed by atoms with Crippen molar-refractivity contribution >= 4 is 19.9 Å². The first-order valence-corrected chi connectivity index (χ1v) is 9.21. The van der Waals surface area contributed by atoms with Gasteiger partial charge in [-0.2, -0.15) is 4.31 Å². The third-order valence-electron chi connectivity index (χ3n) is 3.38. The van der Waals surface area contributed by atoms with E-state index in [1.165, 1.54) is 4.31 Å². The third kappa shape index (κ3) is 2.68. The highest BCUT2D eigenvalue weighted by Crippen LogP contribution is 2.25. The van der Waals surface area contributed by atoms with Crippen molar-refractivity contribution in [3.63, 3.8) is 0 Å². The Hall–Kier alpha value is -0.920. The van der Waals surface area contributed by atoms with Gasteiger partial charge in [-0.3, -0.25) is 0 Å². The van der Waals surface area contributed by atoms with Gasteiger partial charge in [0.2, 0.25) is 10.0 Å². The van der Waals surface area contributed by atoms with Crippen LogP contribution >= 0.6 is 0 Å². The molecule has 1 aliphatic heterocycles. The van der Waals surface area contributed by atoms with Crippen LogP contribution in [0.4, 0.5) is 0 Å². The Kier molecular flexibility index (Phi) is 3.72. The maximum atomic E-state index is 12.2. The van der Waals surface area contributed by atoms with Crippen LogP contribution in [0.25, 0.3) is 0 Å². The summed E-state index contributed by atoms with van der Waals surface area (Å²) in [7, 11) is -6.70. The average molecular weight is 303 g/mol. The molecule has 0 N–H and O–H groups in total. The normalized spacial score (nSPS) is 18.2. The summed E-state index contributed by atoms with van der Waals surface area (Å²) in [4.78, 5) is 0.213. The first kappa shape index (κ1) is 14.5. The molecule has 5 nitrogen and oxygen atoms in total. The molecule has 1 fully saturated rings. The second-order valence-electron chi connectivity index (χ2n) is 4.71. The maximum absolute atomic E-state index is 12.2. The van der Waals surface area contributed by atoms with Crippen LogP contribution in [0.1, 0.15) is 12.5 Å². The first-order chi connectivity index (χ1) is 8.77. The van der Waals surface area contributed by atoms with E-state index in [-0.39, 0.29) is 23.7 Å². The van der Waals surface area contributed by atoms with Crippen LogP contribution in [0, 0.1) is 6.92 Å². The molecule has 19 heavy (non-hydrogen) atoms. The summed E-state index contributed by atoms with van der Waals surface area (Å²) in [6.07, 6.45) is 0. The Morgan fingerprint density at radius 1 is 1.11 bits per heavy atom. The zero-order valence-corrected chi connectivity index (χ0v) is 12.5. The summed E-state index contributed by atoms with van der Waals surface area (Å²) in [6.45, 7) is 3.58. The van der Waals surface area contributed by atoms with Gasteiger partial charge in [0.1, 0.15) is 0 Å². The zero-order valence-electron chi connectivity index (χ0n) is 10.9. The molecule has 0 saturated carbocycles. The van der Waals surface area contributed by atoms with Gasteiger partial charge in [-0.25, -0.2) is 16.8 Å². The van der Waals surface area contributed by atoms with E-state index < -0.39 is 25.1 Å². The van der Waals surface area contributed by atoms with Crippen LogP contribution in [0.5, 0.6) is 0 Å². The molecule has 106 valence electrons. The quantitative estimate of drug-likeness (QED) is 0.825. The molecule has 1 aliphatic rings. The zero-order chi connectivity index (χ0) is 14.3. The molecule has 0 spiro atoms. The number of rotatable bonds is 4. The van der Waals surface area contributed by atoms with Crippen LogP contribution in [-0.2, 0) is 19.9 Å². The Labute approximate surface area is 114 Å². The second kappa shape index (κ2) is 4.88. The van der Waals surface area contributed by atoms with E-state index >= 15 is 0 Å². The van der Waals surface area contributed by atoms with Gasteiger partial charge in [-0.05, 0) is 19.1 Å². The average Bonchev–Trinajstić information content (AvgIpc) is 2.26. The molecular weight excluding hydrogens is 286 g/mol. The van der Waals surface area contributed by atoms with Crippen molar-refractivity contribution in [1.82, 2.24) is 4.31 Å². The number of hydrogen-bond donors (Lipinski definition) is 0. The molecule has 1 aromatic carbocycles. The third-order valence-corrected chi connectivity index (χ3v) is 7.35. The van der Waals surface area contributed by atoms with Gasteiger partial charge in [-0.15, -0.1) is 0 Å². The minimum Gasteiger partial charge on any atom is -0.228 e. The number of sulfonamides is 1. The molecule has 2 rings (SSSR count). The van der Waals surface area contributed by atoms with E-state index in [2.05, 4.69) is 0 Å². The van der Waals surface area contributed by atoms with E-state index in [1.807, 2.05) is 6.92 Å². The number of sulfone groups is 1. The van der Waals surface area contributed by atoms with Crippen molar-refractivity contribution in [2.24, 2.45) is 0 Å². The minimum atomic E-state index is -3.55. The van der Waals surface area contributed by atoms with E-state index in [9.17, 15) is 16.8 Å². The molecule has 0 amide bonds. The highest BCUT2D eigenvalue weighted by molar-refractivity contribution is 7.92. The van der Waals surface area contributed by atoms with Gasteiger partial charge in [-0.1, -0.05) is 24.6 Å². The summed E-state index contributed by atoms with van der Waals surface area (Å²) in [5, 5.41) is -0.558. The highest BCUT2D eigenvalue weighted by Gasteiger charge is 2.42. The molecule has 0 aromatic heterocycles. The lowest BCUT2D eigenvalue weighted by Gasteiger charge is -2.37. The first-order valence-electron chi connectivity index (χ1n) is 6.06. The van der Waals surface area contributed by atoms with Crippen molar-refractivity contribution < 1.29 is 16.8 Å². The van der Waals surface area contributed by atoms with E-state index in [0.29, 0.717) is 0 Å². The van der Waals surface area contributed by atoms with Crippen molar-refractivity contribution in [1.29, 1.82) is 0 Å². The molecule has 0 aliphatic carbocycles. The lowest BCUT2D eigenvalue weighted by Crippen LogP contribution is -2.57. The van der Waals surface area contributed by atoms with Crippen molar-refractivity contribution in [2.75, 3.05) is 18.8 Å². The van der Waals surface area contributed by atoms with Gasteiger partial charge in [0.15, 0.2) is 9.84 Å².